The first-order valence-electron chi connectivity index (χ1n) is 3.86. The minimum atomic E-state index is -0.409. The predicted molar refractivity (Wildman–Crippen MR) is 54.2 cm³/mol. The highest BCUT2D eigenvalue weighted by Crippen LogP contribution is 2.36. The molecule has 0 N–H and O–H groups in total. The Labute approximate surface area is 79.0 Å². The van der Waals surface area contributed by atoms with Gasteiger partial charge in [-0.1, -0.05) is 6.92 Å². The maximum absolute atomic E-state index is 5.55. The molecule has 11 heavy (non-hydrogen) atoms. The summed E-state index contributed by atoms with van der Waals surface area (Å²) < 4.78 is 5.55. The van der Waals surface area contributed by atoms with Crippen molar-refractivity contribution in [2.24, 2.45) is 0 Å². The van der Waals surface area contributed by atoms with Gasteiger partial charge in [-0.05, 0) is 19.4 Å². The number of ether oxygens (including phenoxy) is 1. The second kappa shape index (κ2) is 3.31. The molecule has 0 amide bonds. The lowest BCUT2D eigenvalue weighted by atomic mass is 10.2. The van der Waals surface area contributed by atoms with Gasteiger partial charge in [0.25, 0.3) is 0 Å². The van der Waals surface area contributed by atoms with Gasteiger partial charge in [-0.3, -0.25) is 0 Å². The first kappa shape index (κ1) is 9.33. The SMILES string of the molecule is CCCC1=C[C@H](S)[C@](C)(S)O1. The van der Waals surface area contributed by atoms with E-state index >= 15 is 0 Å². The molecule has 3 heteroatoms. The van der Waals surface area contributed by atoms with E-state index in [4.69, 9.17) is 4.74 Å². The van der Waals surface area contributed by atoms with Crippen LogP contribution in [0.15, 0.2) is 11.8 Å². The summed E-state index contributed by atoms with van der Waals surface area (Å²) in [6, 6.07) is 0. The predicted octanol–water partition coefficient (Wildman–Crippen LogP) is 2.65. The monoisotopic (exact) mass is 190 g/mol. The van der Waals surface area contributed by atoms with Crippen molar-refractivity contribution in [3.63, 3.8) is 0 Å². The number of allylic oxidation sites excluding steroid dienone is 1. The molecule has 1 nitrogen and oxygen atoms in total. The van der Waals surface area contributed by atoms with Gasteiger partial charge in [0.05, 0.1) is 11.0 Å². The van der Waals surface area contributed by atoms with Crippen LogP contribution in [0.4, 0.5) is 0 Å². The molecular weight excluding hydrogens is 176 g/mol. The van der Waals surface area contributed by atoms with Gasteiger partial charge in [-0.15, -0.1) is 12.6 Å². The molecule has 0 aromatic carbocycles. The number of rotatable bonds is 2. The summed E-state index contributed by atoms with van der Waals surface area (Å²) in [6.07, 6.45) is 4.14. The average molecular weight is 190 g/mol. The molecule has 0 aromatic rings. The summed E-state index contributed by atoms with van der Waals surface area (Å²) >= 11 is 8.69. The number of thiol groups is 2. The summed E-state index contributed by atoms with van der Waals surface area (Å²) in [5.74, 6) is 1.03. The van der Waals surface area contributed by atoms with E-state index in [1.807, 2.05) is 13.0 Å². The zero-order valence-corrected chi connectivity index (χ0v) is 8.66. The van der Waals surface area contributed by atoms with Crippen molar-refractivity contribution in [2.45, 2.75) is 36.9 Å². The van der Waals surface area contributed by atoms with Crippen LogP contribution >= 0.6 is 25.3 Å². The standard InChI is InChI=1S/C8H14OS2/c1-3-4-6-5-7(10)8(2,11)9-6/h5,7,10-11H,3-4H2,1-2H3/t7-,8-/m0/s1. The minimum absolute atomic E-state index is 0.118. The molecule has 0 saturated carbocycles. The maximum Gasteiger partial charge on any atom is 0.163 e. The molecule has 0 fully saturated rings. The second-order valence-corrected chi connectivity index (χ2v) is 4.43. The molecule has 1 heterocycles. The van der Waals surface area contributed by atoms with Crippen molar-refractivity contribution in [3.8, 4) is 0 Å². The molecule has 0 aromatic heterocycles. The minimum Gasteiger partial charge on any atom is -0.480 e. The Morgan fingerprint density at radius 3 is 2.73 bits per heavy atom. The van der Waals surface area contributed by atoms with Crippen molar-refractivity contribution >= 4 is 25.3 Å². The molecular formula is C8H14OS2. The van der Waals surface area contributed by atoms with Crippen LogP contribution in [0.2, 0.25) is 0 Å². The molecule has 2 atom stereocenters. The van der Waals surface area contributed by atoms with Crippen LogP contribution in [-0.2, 0) is 4.74 Å². The van der Waals surface area contributed by atoms with E-state index in [-0.39, 0.29) is 5.25 Å². The van der Waals surface area contributed by atoms with Gasteiger partial charge in [-0.25, -0.2) is 0 Å². The van der Waals surface area contributed by atoms with Gasteiger partial charge < -0.3 is 4.74 Å². The zero-order chi connectivity index (χ0) is 8.48. The van der Waals surface area contributed by atoms with Crippen molar-refractivity contribution < 1.29 is 4.74 Å². The molecule has 0 radical (unpaired) electrons. The Balaban J connectivity index is 2.56. The summed E-state index contributed by atoms with van der Waals surface area (Å²) in [5.41, 5.74) is 0. The van der Waals surface area contributed by atoms with Crippen LogP contribution < -0.4 is 0 Å². The van der Waals surface area contributed by atoms with Crippen molar-refractivity contribution in [2.75, 3.05) is 0 Å². The third kappa shape index (κ3) is 2.09. The third-order valence-electron chi connectivity index (χ3n) is 1.73. The Morgan fingerprint density at radius 2 is 2.36 bits per heavy atom. The van der Waals surface area contributed by atoms with E-state index in [2.05, 4.69) is 32.2 Å². The van der Waals surface area contributed by atoms with Gasteiger partial charge in [0.2, 0.25) is 0 Å². The lowest BCUT2D eigenvalue weighted by molar-refractivity contribution is 0.127. The Bertz CT molecular complexity index is 175. The number of hydrogen-bond acceptors (Lipinski definition) is 3. The molecule has 1 rings (SSSR count). The third-order valence-corrected chi connectivity index (χ3v) is 2.94. The number of hydrogen-bond donors (Lipinski definition) is 2. The van der Waals surface area contributed by atoms with E-state index in [0.717, 1.165) is 18.6 Å². The van der Waals surface area contributed by atoms with Gasteiger partial charge in [-0.2, -0.15) is 12.6 Å². The van der Waals surface area contributed by atoms with E-state index in [9.17, 15) is 0 Å². The molecule has 1 aliphatic rings. The Hall–Kier alpha value is 0.240. The Kier molecular flexibility index (Phi) is 2.81. The quantitative estimate of drug-likeness (QED) is 0.637. The first-order chi connectivity index (χ1) is 5.06. The van der Waals surface area contributed by atoms with Crippen LogP contribution in [0.25, 0.3) is 0 Å². The normalized spacial score (nSPS) is 36.7. The van der Waals surface area contributed by atoms with Crippen LogP contribution in [0.5, 0.6) is 0 Å². The van der Waals surface area contributed by atoms with Gasteiger partial charge in [0.15, 0.2) is 4.93 Å². The van der Waals surface area contributed by atoms with E-state index in [0.29, 0.717) is 0 Å². The molecule has 0 saturated heterocycles. The van der Waals surface area contributed by atoms with Crippen molar-refractivity contribution in [3.05, 3.63) is 11.8 Å². The van der Waals surface area contributed by atoms with Crippen LogP contribution in [-0.4, -0.2) is 10.2 Å². The lowest BCUT2D eigenvalue weighted by Gasteiger charge is -2.22. The van der Waals surface area contributed by atoms with Gasteiger partial charge in [0.1, 0.15) is 0 Å². The second-order valence-electron chi connectivity index (χ2n) is 2.98. The first-order valence-corrected chi connectivity index (χ1v) is 4.83. The summed E-state index contributed by atoms with van der Waals surface area (Å²) in [5, 5.41) is 0.118. The molecule has 0 aliphatic carbocycles. The molecule has 0 bridgehead atoms. The highest BCUT2D eigenvalue weighted by atomic mass is 32.1. The molecule has 1 aliphatic heterocycles. The highest BCUT2D eigenvalue weighted by Gasteiger charge is 2.34. The van der Waals surface area contributed by atoms with E-state index in [1.54, 1.807) is 0 Å². The van der Waals surface area contributed by atoms with E-state index < -0.39 is 4.93 Å². The lowest BCUT2D eigenvalue weighted by Crippen LogP contribution is -2.25. The maximum atomic E-state index is 5.55. The molecule has 0 spiro atoms. The fraction of sp³-hybridized carbons (Fsp3) is 0.750. The summed E-state index contributed by atoms with van der Waals surface area (Å²) in [7, 11) is 0. The fourth-order valence-corrected chi connectivity index (χ4v) is 1.48. The van der Waals surface area contributed by atoms with Crippen molar-refractivity contribution in [1.29, 1.82) is 0 Å². The van der Waals surface area contributed by atoms with Gasteiger partial charge in [0, 0.05) is 6.42 Å². The summed E-state index contributed by atoms with van der Waals surface area (Å²) in [4.78, 5) is -0.409. The van der Waals surface area contributed by atoms with Crippen LogP contribution in [0, 0.1) is 0 Å². The summed E-state index contributed by atoms with van der Waals surface area (Å²) in [6.45, 7) is 4.07. The highest BCUT2D eigenvalue weighted by molar-refractivity contribution is 7.85. The Morgan fingerprint density at radius 1 is 1.73 bits per heavy atom. The van der Waals surface area contributed by atoms with Crippen LogP contribution in [0.3, 0.4) is 0 Å². The smallest absolute Gasteiger partial charge is 0.163 e. The van der Waals surface area contributed by atoms with Crippen molar-refractivity contribution in [1.82, 2.24) is 0 Å². The largest absolute Gasteiger partial charge is 0.480 e. The topological polar surface area (TPSA) is 9.23 Å². The van der Waals surface area contributed by atoms with Crippen LogP contribution in [0.1, 0.15) is 26.7 Å². The van der Waals surface area contributed by atoms with E-state index in [1.165, 1.54) is 0 Å². The molecule has 64 valence electrons. The fourth-order valence-electron chi connectivity index (χ4n) is 1.07. The average Bonchev–Trinajstić information content (AvgIpc) is 2.08. The molecule has 0 unspecified atom stereocenters. The zero-order valence-electron chi connectivity index (χ0n) is 6.87. The van der Waals surface area contributed by atoms with Gasteiger partial charge >= 0.3 is 0 Å².